The summed E-state index contributed by atoms with van der Waals surface area (Å²) < 4.78 is 0. The van der Waals surface area contributed by atoms with E-state index in [0.717, 1.165) is 11.1 Å². The highest BCUT2D eigenvalue weighted by Gasteiger charge is 1.95. The van der Waals surface area contributed by atoms with Gasteiger partial charge in [0.25, 0.3) is 0 Å². The summed E-state index contributed by atoms with van der Waals surface area (Å²) >= 11 is 0. The van der Waals surface area contributed by atoms with Crippen molar-refractivity contribution in [2.45, 2.75) is 13.1 Å². The Hall–Kier alpha value is -1.55. The van der Waals surface area contributed by atoms with E-state index in [1.807, 2.05) is 24.3 Å². The zero-order valence-electron chi connectivity index (χ0n) is 7.16. The number of hydrogen-bond donors (Lipinski definition) is 3. The highest BCUT2D eigenvalue weighted by atomic mass is 16.4. The summed E-state index contributed by atoms with van der Waals surface area (Å²) in [6.07, 6.45) is -1.01. The molecule has 0 aromatic heterocycles. The van der Waals surface area contributed by atoms with Crippen molar-refractivity contribution in [2.75, 3.05) is 0 Å². The Balaban J connectivity index is 2.54. The minimum absolute atomic E-state index is 0.334. The third-order valence-corrected chi connectivity index (χ3v) is 1.70. The van der Waals surface area contributed by atoms with Gasteiger partial charge in [-0.2, -0.15) is 0 Å². The van der Waals surface area contributed by atoms with E-state index >= 15 is 0 Å². The number of nitrogens with one attached hydrogen (secondary N) is 1. The summed E-state index contributed by atoms with van der Waals surface area (Å²) in [6.45, 7) is 0.840. The van der Waals surface area contributed by atoms with Crippen molar-refractivity contribution in [3.8, 4) is 0 Å². The van der Waals surface area contributed by atoms with Gasteiger partial charge in [0.15, 0.2) is 0 Å². The molecule has 4 nitrogen and oxygen atoms in total. The van der Waals surface area contributed by atoms with E-state index in [1.165, 1.54) is 0 Å². The van der Waals surface area contributed by atoms with Crippen LogP contribution >= 0.6 is 0 Å². The fraction of sp³-hybridized carbons (Fsp3) is 0.222. The fourth-order valence-electron chi connectivity index (χ4n) is 0.971. The zero-order chi connectivity index (χ0) is 9.68. The smallest absolute Gasteiger partial charge is 0.404 e. The molecule has 0 saturated heterocycles. The predicted octanol–water partition coefficient (Wildman–Crippen LogP) is 0.913. The number of hydrogen-bond acceptors (Lipinski definition) is 2. The molecule has 13 heavy (non-hydrogen) atoms. The van der Waals surface area contributed by atoms with Crippen molar-refractivity contribution >= 4 is 6.09 Å². The van der Waals surface area contributed by atoms with E-state index in [9.17, 15) is 4.79 Å². The average molecular weight is 180 g/mol. The second kappa shape index (κ2) is 4.47. The molecule has 0 saturated carbocycles. The molecule has 1 aromatic rings. The summed E-state index contributed by atoms with van der Waals surface area (Å²) in [7, 11) is 0. The Morgan fingerprint density at radius 3 is 2.31 bits per heavy atom. The normalized spacial score (nSPS) is 9.62. The number of benzene rings is 1. The lowest BCUT2D eigenvalue weighted by Gasteiger charge is -2.02. The molecule has 0 spiro atoms. The molecule has 0 aliphatic carbocycles. The third-order valence-electron chi connectivity index (χ3n) is 1.70. The standard InChI is InChI=1S/C9H12N2O2/c10-5-7-1-3-8(4-2-7)6-11-9(12)13/h1-4,11H,5-6,10H2,(H,12,13). The summed E-state index contributed by atoms with van der Waals surface area (Å²) in [6, 6.07) is 7.49. The van der Waals surface area contributed by atoms with Gasteiger partial charge in [-0.25, -0.2) is 4.79 Å². The first-order chi connectivity index (χ1) is 6.22. The van der Waals surface area contributed by atoms with Crippen LogP contribution in [0.4, 0.5) is 4.79 Å². The minimum atomic E-state index is -1.01. The van der Waals surface area contributed by atoms with E-state index in [-0.39, 0.29) is 0 Å². The van der Waals surface area contributed by atoms with Crippen LogP contribution in [0.1, 0.15) is 11.1 Å². The lowest BCUT2D eigenvalue weighted by molar-refractivity contribution is 0.194. The molecule has 0 unspecified atom stereocenters. The van der Waals surface area contributed by atoms with E-state index in [1.54, 1.807) is 0 Å². The number of amides is 1. The molecule has 0 atom stereocenters. The van der Waals surface area contributed by atoms with Crippen LogP contribution in [0, 0.1) is 0 Å². The SMILES string of the molecule is NCc1ccc(CNC(=O)O)cc1. The molecule has 0 bridgehead atoms. The molecular weight excluding hydrogens is 168 g/mol. The third kappa shape index (κ3) is 3.13. The second-order valence-electron chi connectivity index (χ2n) is 2.68. The van der Waals surface area contributed by atoms with Crippen LogP contribution in [-0.4, -0.2) is 11.2 Å². The van der Waals surface area contributed by atoms with Gasteiger partial charge in [0.05, 0.1) is 0 Å². The van der Waals surface area contributed by atoms with Gasteiger partial charge in [-0.3, -0.25) is 0 Å². The first-order valence-electron chi connectivity index (χ1n) is 3.97. The lowest BCUT2D eigenvalue weighted by atomic mass is 10.1. The van der Waals surface area contributed by atoms with Crippen molar-refractivity contribution in [3.63, 3.8) is 0 Å². The molecule has 4 heteroatoms. The molecule has 4 N–H and O–H groups in total. The maximum Gasteiger partial charge on any atom is 0.404 e. The minimum Gasteiger partial charge on any atom is -0.465 e. The number of carbonyl (C=O) groups is 1. The van der Waals surface area contributed by atoms with Gasteiger partial charge in [0.1, 0.15) is 0 Å². The average Bonchev–Trinajstić information content (AvgIpc) is 2.15. The van der Waals surface area contributed by atoms with Gasteiger partial charge in [-0.1, -0.05) is 24.3 Å². The zero-order valence-corrected chi connectivity index (χ0v) is 7.16. The number of rotatable bonds is 3. The van der Waals surface area contributed by atoms with Gasteiger partial charge < -0.3 is 16.2 Å². The Morgan fingerprint density at radius 1 is 1.31 bits per heavy atom. The predicted molar refractivity (Wildman–Crippen MR) is 49.2 cm³/mol. The van der Waals surface area contributed by atoms with Gasteiger partial charge in [0.2, 0.25) is 0 Å². The van der Waals surface area contributed by atoms with Crippen LogP contribution in [0.3, 0.4) is 0 Å². The van der Waals surface area contributed by atoms with Crippen LogP contribution < -0.4 is 11.1 Å². The Kier molecular flexibility index (Phi) is 3.28. The Morgan fingerprint density at radius 2 is 1.85 bits per heavy atom. The summed E-state index contributed by atoms with van der Waals surface area (Å²) in [5, 5.41) is 10.6. The molecule has 1 aromatic carbocycles. The second-order valence-corrected chi connectivity index (χ2v) is 2.68. The van der Waals surface area contributed by atoms with Crippen molar-refractivity contribution in [2.24, 2.45) is 5.73 Å². The number of nitrogens with two attached hydrogens (primary N) is 1. The molecule has 1 rings (SSSR count). The van der Waals surface area contributed by atoms with Gasteiger partial charge in [-0.15, -0.1) is 0 Å². The molecule has 1 amide bonds. The molecule has 0 heterocycles. The van der Waals surface area contributed by atoms with Crippen LogP contribution in [0.15, 0.2) is 24.3 Å². The Bertz CT molecular complexity index is 282. The Labute approximate surface area is 76.4 Å². The summed E-state index contributed by atoms with van der Waals surface area (Å²) in [5.74, 6) is 0. The van der Waals surface area contributed by atoms with E-state index < -0.39 is 6.09 Å². The molecule has 70 valence electrons. The van der Waals surface area contributed by atoms with Crippen molar-refractivity contribution in [3.05, 3.63) is 35.4 Å². The molecular formula is C9H12N2O2. The highest BCUT2D eigenvalue weighted by Crippen LogP contribution is 2.02. The van der Waals surface area contributed by atoms with E-state index in [4.69, 9.17) is 10.8 Å². The molecule has 0 aliphatic heterocycles. The lowest BCUT2D eigenvalue weighted by Crippen LogP contribution is -2.19. The molecule has 0 fully saturated rings. The topological polar surface area (TPSA) is 75.3 Å². The molecule has 0 aliphatic rings. The van der Waals surface area contributed by atoms with Gasteiger partial charge in [-0.05, 0) is 11.1 Å². The van der Waals surface area contributed by atoms with Gasteiger partial charge in [0, 0.05) is 13.1 Å². The van der Waals surface area contributed by atoms with Crippen LogP contribution in [0.25, 0.3) is 0 Å². The van der Waals surface area contributed by atoms with E-state index in [2.05, 4.69) is 5.32 Å². The summed E-state index contributed by atoms with van der Waals surface area (Å²) in [4.78, 5) is 10.2. The van der Waals surface area contributed by atoms with Crippen molar-refractivity contribution < 1.29 is 9.90 Å². The van der Waals surface area contributed by atoms with Crippen molar-refractivity contribution in [1.82, 2.24) is 5.32 Å². The quantitative estimate of drug-likeness (QED) is 0.647. The monoisotopic (exact) mass is 180 g/mol. The van der Waals surface area contributed by atoms with Crippen molar-refractivity contribution in [1.29, 1.82) is 0 Å². The molecule has 0 radical (unpaired) electrons. The first kappa shape index (κ1) is 9.54. The number of carboxylic acid groups (broad SMARTS) is 1. The van der Waals surface area contributed by atoms with Crippen LogP contribution in [0.5, 0.6) is 0 Å². The first-order valence-corrected chi connectivity index (χ1v) is 3.97. The van der Waals surface area contributed by atoms with E-state index in [0.29, 0.717) is 13.1 Å². The maximum absolute atomic E-state index is 10.2. The fourth-order valence-corrected chi connectivity index (χ4v) is 0.971. The summed E-state index contributed by atoms with van der Waals surface area (Å²) in [5.41, 5.74) is 7.38. The van der Waals surface area contributed by atoms with Crippen LogP contribution in [0.2, 0.25) is 0 Å². The largest absolute Gasteiger partial charge is 0.465 e. The highest BCUT2D eigenvalue weighted by molar-refractivity contribution is 5.64. The maximum atomic E-state index is 10.2. The van der Waals surface area contributed by atoms with Gasteiger partial charge >= 0.3 is 6.09 Å². The van der Waals surface area contributed by atoms with Crippen LogP contribution in [-0.2, 0) is 13.1 Å².